The lowest BCUT2D eigenvalue weighted by Gasteiger charge is -2.03. The number of ether oxygens (including phenoxy) is 2. The van der Waals surface area contributed by atoms with E-state index in [1.165, 1.54) is 64.3 Å². The van der Waals surface area contributed by atoms with Gasteiger partial charge in [0.15, 0.2) is 0 Å². The molecule has 0 saturated heterocycles. The Morgan fingerprint density at radius 3 is 1.83 bits per heavy atom. The van der Waals surface area contributed by atoms with Crippen molar-refractivity contribution in [1.29, 1.82) is 0 Å². The molecule has 1 radical (unpaired) electrons. The molecule has 3 heteroatoms. The first kappa shape index (κ1) is 17.4. The Hall–Kier alpha value is -0.570. The third kappa shape index (κ3) is 15.4. The van der Waals surface area contributed by atoms with Crippen LogP contribution in [0, 0.1) is 0 Å². The van der Waals surface area contributed by atoms with Gasteiger partial charge in [-0.25, -0.2) is 4.79 Å². The molecule has 0 aromatic rings. The van der Waals surface area contributed by atoms with Crippen LogP contribution in [-0.4, -0.2) is 26.3 Å². The average Bonchev–Trinajstić information content (AvgIpc) is 2.39. The first-order chi connectivity index (χ1) is 8.91. The van der Waals surface area contributed by atoms with Gasteiger partial charge in [0, 0.05) is 6.61 Å². The third-order valence-corrected chi connectivity index (χ3v) is 3.03. The number of carbonyl (C=O) groups excluding carboxylic acids is 1. The van der Waals surface area contributed by atoms with Crippen LogP contribution in [0.3, 0.4) is 0 Å². The Morgan fingerprint density at radius 2 is 1.28 bits per heavy atom. The summed E-state index contributed by atoms with van der Waals surface area (Å²) >= 11 is 0. The van der Waals surface area contributed by atoms with Crippen LogP contribution in [0.4, 0.5) is 0 Å². The molecular formula is C15H29O3. The highest BCUT2D eigenvalue weighted by Gasteiger charge is 1.93. The molecule has 0 fully saturated rings. The Kier molecular flexibility index (Phi) is 15.9. The normalized spacial score (nSPS) is 10.5. The van der Waals surface area contributed by atoms with Gasteiger partial charge in [-0.05, 0) is 6.42 Å². The van der Waals surface area contributed by atoms with Crippen molar-refractivity contribution in [3.63, 3.8) is 0 Å². The molecule has 0 spiro atoms. The SMILES string of the molecule is CCCCCCCCCCCCOCCO[C]=O. The molecule has 0 N–H and O–H groups in total. The van der Waals surface area contributed by atoms with Crippen LogP contribution in [0.2, 0.25) is 0 Å². The van der Waals surface area contributed by atoms with E-state index in [0.717, 1.165) is 13.0 Å². The maximum Gasteiger partial charge on any atom is 0.417 e. The Labute approximate surface area is 112 Å². The number of hydrogen-bond donors (Lipinski definition) is 0. The largest absolute Gasteiger partial charge is 0.455 e. The molecule has 0 unspecified atom stereocenters. The molecule has 0 aliphatic carbocycles. The Balaban J connectivity index is 2.88. The first-order valence-corrected chi connectivity index (χ1v) is 7.48. The average molecular weight is 257 g/mol. The van der Waals surface area contributed by atoms with E-state index in [1.807, 2.05) is 0 Å². The molecule has 3 nitrogen and oxygen atoms in total. The van der Waals surface area contributed by atoms with Gasteiger partial charge in [0.05, 0.1) is 6.61 Å². The van der Waals surface area contributed by atoms with Crippen molar-refractivity contribution in [1.82, 2.24) is 0 Å². The van der Waals surface area contributed by atoms with Crippen LogP contribution < -0.4 is 0 Å². The van der Waals surface area contributed by atoms with Gasteiger partial charge < -0.3 is 9.47 Å². The predicted molar refractivity (Wildman–Crippen MR) is 74.3 cm³/mol. The van der Waals surface area contributed by atoms with Gasteiger partial charge in [0.25, 0.3) is 0 Å². The van der Waals surface area contributed by atoms with Crippen molar-refractivity contribution >= 4 is 6.47 Å². The lowest BCUT2D eigenvalue weighted by atomic mass is 10.1. The second kappa shape index (κ2) is 16.4. The van der Waals surface area contributed by atoms with E-state index in [1.54, 1.807) is 0 Å². The summed E-state index contributed by atoms with van der Waals surface area (Å²) in [5.74, 6) is 0. The fourth-order valence-electron chi connectivity index (χ4n) is 1.94. The molecule has 0 aromatic carbocycles. The fourth-order valence-corrected chi connectivity index (χ4v) is 1.94. The van der Waals surface area contributed by atoms with Crippen LogP contribution in [0.5, 0.6) is 0 Å². The zero-order valence-electron chi connectivity index (χ0n) is 11.9. The Morgan fingerprint density at radius 1 is 0.722 bits per heavy atom. The topological polar surface area (TPSA) is 35.5 Å². The zero-order valence-corrected chi connectivity index (χ0v) is 11.9. The van der Waals surface area contributed by atoms with Gasteiger partial charge in [0.2, 0.25) is 0 Å². The molecule has 0 rings (SSSR count). The molecule has 107 valence electrons. The number of rotatable bonds is 15. The lowest BCUT2D eigenvalue weighted by Crippen LogP contribution is -2.04. The minimum Gasteiger partial charge on any atom is -0.455 e. The standard InChI is InChI=1S/C15H29O3/c1-2-3-4-5-6-7-8-9-10-11-12-17-13-14-18-15-16/h2-14H2,1H3. The summed E-state index contributed by atoms with van der Waals surface area (Å²) in [6.07, 6.45) is 13.3. The maximum atomic E-state index is 9.72. The van der Waals surface area contributed by atoms with E-state index in [0.29, 0.717) is 13.2 Å². The molecule has 0 bridgehead atoms. The van der Waals surface area contributed by atoms with Gasteiger partial charge in [-0.2, -0.15) is 0 Å². The third-order valence-electron chi connectivity index (χ3n) is 3.03. The van der Waals surface area contributed by atoms with Crippen molar-refractivity contribution in [3.8, 4) is 0 Å². The molecule has 0 atom stereocenters. The first-order valence-electron chi connectivity index (χ1n) is 7.48. The predicted octanol–water partition coefficient (Wildman–Crippen LogP) is 4.01. The van der Waals surface area contributed by atoms with Crippen LogP contribution >= 0.6 is 0 Å². The van der Waals surface area contributed by atoms with Crippen LogP contribution in [-0.2, 0) is 14.3 Å². The number of hydrogen-bond acceptors (Lipinski definition) is 3. The van der Waals surface area contributed by atoms with E-state index >= 15 is 0 Å². The van der Waals surface area contributed by atoms with Crippen molar-refractivity contribution in [2.75, 3.05) is 19.8 Å². The van der Waals surface area contributed by atoms with E-state index in [9.17, 15) is 4.79 Å². The highest BCUT2D eigenvalue weighted by atomic mass is 16.5. The molecule has 0 aliphatic rings. The highest BCUT2D eigenvalue weighted by molar-refractivity contribution is 5.37. The van der Waals surface area contributed by atoms with Crippen LogP contribution in [0.1, 0.15) is 71.1 Å². The van der Waals surface area contributed by atoms with Crippen molar-refractivity contribution < 1.29 is 14.3 Å². The molecule has 0 amide bonds. The number of unbranched alkanes of at least 4 members (excludes halogenated alkanes) is 9. The monoisotopic (exact) mass is 257 g/mol. The zero-order chi connectivity index (χ0) is 13.3. The minimum atomic E-state index is 0.321. The molecule has 0 aromatic heterocycles. The molecule has 0 aliphatic heterocycles. The van der Waals surface area contributed by atoms with E-state index < -0.39 is 0 Å². The van der Waals surface area contributed by atoms with Gasteiger partial charge in [0.1, 0.15) is 6.61 Å². The molecule has 0 heterocycles. The molecule has 18 heavy (non-hydrogen) atoms. The lowest BCUT2D eigenvalue weighted by molar-refractivity contribution is 0.0918. The van der Waals surface area contributed by atoms with Crippen molar-refractivity contribution in [3.05, 3.63) is 0 Å². The summed E-state index contributed by atoms with van der Waals surface area (Å²) in [6, 6.07) is 0. The second-order valence-electron chi connectivity index (χ2n) is 4.73. The van der Waals surface area contributed by atoms with Gasteiger partial charge in [-0.1, -0.05) is 64.7 Å². The van der Waals surface area contributed by atoms with Crippen LogP contribution in [0.25, 0.3) is 0 Å². The van der Waals surface area contributed by atoms with Gasteiger partial charge in [-0.15, -0.1) is 0 Å². The quantitative estimate of drug-likeness (QED) is 0.416. The molecular weight excluding hydrogens is 228 g/mol. The summed E-state index contributed by atoms with van der Waals surface area (Å²) in [7, 11) is 0. The summed E-state index contributed by atoms with van der Waals surface area (Å²) in [5.41, 5.74) is 0. The smallest absolute Gasteiger partial charge is 0.417 e. The summed E-state index contributed by atoms with van der Waals surface area (Å²) in [5, 5.41) is 0. The fraction of sp³-hybridized carbons (Fsp3) is 0.933. The van der Waals surface area contributed by atoms with Crippen LogP contribution in [0.15, 0.2) is 0 Å². The van der Waals surface area contributed by atoms with E-state index in [4.69, 9.17) is 4.74 Å². The highest BCUT2D eigenvalue weighted by Crippen LogP contribution is 2.10. The summed E-state index contributed by atoms with van der Waals surface area (Å²) in [4.78, 5) is 9.72. The van der Waals surface area contributed by atoms with E-state index in [-0.39, 0.29) is 0 Å². The summed E-state index contributed by atoms with van der Waals surface area (Å²) in [6.45, 7) is 5.23. The van der Waals surface area contributed by atoms with Crippen molar-refractivity contribution in [2.45, 2.75) is 71.1 Å². The van der Waals surface area contributed by atoms with Gasteiger partial charge >= 0.3 is 6.47 Å². The Bertz CT molecular complexity index is 160. The second-order valence-corrected chi connectivity index (χ2v) is 4.73. The minimum absolute atomic E-state index is 0.321. The van der Waals surface area contributed by atoms with Gasteiger partial charge in [-0.3, -0.25) is 0 Å². The molecule has 0 saturated carbocycles. The summed E-state index contributed by atoms with van der Waals surface area (Å²) < 4.78 is 9.71. The maximum absolute atomic E-state index is 9.72. The van der Waals surface area contributed by atoms with E-state index in [2.05, 4.69) is 11.7 Å². The van der Waals surface area contributed by atoms with Crippen molar-refractivity contribution in [2.24, 2.45) is 0 Å².